The lowest BCUT2D eigenvalue weighted by atomic mass is 10.1. The largest absolute Gasteiger partial charge is 0.404 e. The molecule has 0 bridgehead atoms. The van der Waals surface area contributed by atoms with Crippen LogP contribution in [0.3, 0.4) is 0 Å². The molecule has 0 saturated carbocycles. The third-order valence-electron chi connectivity index (χ3n) is 2.47. The highest BCUT2D eigenvalue weighted by Crippen LogP contribution is 2.23. The molecule has 0 saturated heterocycles. The molecular weight excluding hydrogens is 322 g/mol. The van der Waals surface area contributed by atoms with Crippen LogP contribution in [0.15, 0.2) is 23.1 Å². The predicted octanol–water partition coefficient (Wildman–Crippen LogP) is 2.65. The van der Waals surface area contributed by atoms with E-state index in [2.05, 4.69) is 57.1 Å². The number of nitrogens with zero attached hydrogens (tertiary/aromatic N) is 4. The molecular formula is C13H18BrN5O. The quantitative estimate of drug-likeness (QED) is 0.927. The maximum absolute atomic E-state index is 5.64. The van der Waals surface area contributed by atoms with E-state index < -0.39 is 0 Å². The SMILES string of the molecule is Cn1cnc(Oc2ncc(Br)cc2CNC(C)(C)C)n1. The number of nitrogens with one attached hydrogen (secondary N) is 1. The predicted molar refractivity (Wildman–Crippen MR) is 79.6 cm³/mol. The lowest BCUT2D eigenvalue weighted by molar-refractivity contribution is 0.395. The molecule has 0 amide bonds. The Balaban J connectivity index is 2.19. The van der Waals surface area contributed by atoms with Crippen LogP contribution in [0.2, 0.25) is 0 Å². The number of hydrogen-bond donors (Lipinski definition) is 1. The molecule has 0 aliphatic rings. The summed E-state index contributed by atoms with van der Waals surface area (Å²) < 4.78 is 8.13. The van der Waals surface area contributed by atoms with Gasteiger partial charge in [0.2, 0.25) is 5.88 Å². The highest BCUT2D eigenvalue weighted by Gasteiger charge is 2.14. The van der Waals surface area contributed by atoms with Crippen molar-refractivity contribution in [1.82, 2.24) is 25.1 Å². The molecule has 20 heavy (non-hydrogen) atoms. The number of rotatable bonds is 4. The monoisotopic (exact) mass is 339 g/mol. The molecule has 6 nitrogen and oxygen atoms in total. The molecule has 0 aromatic carbocycles. The molecule has 1 N–H and O–H groups in total. The van der Waals surface area contributed by atoms with Gasteiger partial charge in [-0.15, -0.1) is 5.10 Å². The van der Waals surface area contributed by atoms with Crippen LogP contribution in [-0.2, 0) is 13.6 Å². The molecule has 2 heterocycles. The summed E-state index contributed by atoms with van der Waals surface area (Å²) in [5.74, 6) is 0.510. The van der Waals surface area contributed by atoms with Crippen LogP contribution in [0.1, 0.15) is 26.3 Å². The molecule has 0 radical (unpaired) electrons. The van der Waals surface area contributed by atoms with Gasteiger partial charge in [-0.3, -0.25) is 4.68 Å². The smallest absolute Gasteiger partial charge is 0.342 e. The Morgan fingerprint density at radius 2 is 2.10 bits per heavy atom. The Kier molecular flexibility index (Phi) is 4.39. The first-order valence-corrected chi connectivity index (χ1v) is 7.06. The summed E-state index contributed by atoms with van der Waals surface area (Å²) in [4.78, 5) is 8.33. The van der Waals surface area contributed by atoms with Crippen LogP contribution in [0.25, 0.3) is 0 Å². The molecule has 7 heteroatoms. The maximum atomic E-state index is 5.64. The Hall–Kier alpha value is -1.47. The first-order valence-electron chi connectivity index (χ1n) is 6.26. The Morgan fingerprint density at radius 1 is 1.35 bits per heavy atom. The van der Waals surface area contributed by atoms with Crippen LogP contribution in [0.4, 0.5) is 0 Å². The second-order valence-electron chi connectivity index (χ2n) is 5.52. The third kappa shape index (κ3) is 4.28. The molecule has 108 valence electrons. The van der Waals surface area contributed by atoms with Gasteiger partial charge >= 0.3 is 6.01 Å². The van der Waals surface area contributed by atoms with E-state index in [1.165, 1.54) is 0 Å². The van der Waals surface area contributed by atoms with Gasteiger partial charge in [0.1, 0.15) is 6.33 Å². The topological polar surface area (TPSA) is 64.9 Å². The van der Waals surface area contributed by atoms with Crippen LogP contribution in [0.5, 0.6) is 11.9 Å². The van der Waals surface area contributed by atoms with E-state index in [1.807, 2.05) is 6.07 Å². The second kappa shape index (κ2) is 5.88. The van der Waals surface area contributed by atoms with Crippen molar-refractivity contribution in [3.63, 3.8) is 0 Å². The number of aromatic nitrogens is 4. The van der Waals surface area contributed by atoms with Gasteiger partial charge in [-0.1, -0.05) is 0 Å². The summed E-state index contributed by atoms with van der Waals surface area (Å²) in [5, 5.41) is 7.50. The van der Waals surface area contributed by atoms with E-state index in [1.54, 1.807) is 24.3 Å². The van der Waals surface area contributed by atoms with Crippen molar-refractivity contribution in [2.75, 3.05) is 0 Å². The number of halogens is 1. The first kappa shape index (κ1) is 14.9. The average Bonchev–Trinajstić information content (AvgIpc) is 2.74. The third-order valence-corrected chi connectivity index (χ3v) is 2.90. The van der Waals surface area contributed by atoms with Crippen LogP contribution >= 0.6 is 15.9 Å². The lowest BCUT2D eigenvalue weighted by Crippen LogP contribution is -2.35. The highest BCUT2D eigenvalue weighted by atomic mass is 79.9. The van der Waals surface area contributed by atoms with Gasteiger partial charge < -0.3 is 10.1 Å². The fourth-order valence-electron chi connectivity index (χ4n) is 1.50. The van der Waals surface area contributed by atoms with Crippen LogP contribution in [0, 0.1) is 0 Å². The summed E-state index contributed by atoms with van der Waals surface area (Å²) in [7, 11) is 1.79. The number of pyridine rings is 1. The Morgan fingerprint density at radius 3 is 2.70 bits per heavy atom. The normalized spacial score (nSPS) is 11.7. The minimum absolute atomic E-state index is 0.0167. The van der Waals surface area contributed by atoms with Gasteiger partial charge in [-0.2, -0.15) is 4.98 Å². The Labute approximate surface area is 126 Å². The van der Waals surface area contributed by atoms with Gasteiger partial charge in [0.25, 0.3) is 0 Å². The number of aryl methyl sites for hydroxylation is 1. The van der Waals surface area contributed by atoms with E-state index in [0.29, 0.717) is 18.4 Å². The molecule has 2 aromatic rings. The summed E-state index contributed by atoms with van der Waals surface area (Å²) in [6.45, 7) is 6.98. The first-order chi connectivity index (χ1) is 9.33. The lowest BCUT2D eigenvalue weighted by Gasteiger charge is -2.21. The van der Waals surface area contributed by atoms with E-state index in [-0.39, 0.29) is 5.54 Å². The van der Waals surface area contributed by atoms with Crippen molar-refractivity contribution in [1.29, 1.82) is 0 Å². The van der Waals surface area contributed by atoms with E-state index in [0.717, 1.165) is 10.0 Å². The molecule has 2 aromatic heterocycles. The minimum atomic E-state index is 0.0167. The molecule has 0 atom stereocenters. The van der Waals surface area contributed by atoms with Crippen molar-refractivity contribution >= 4 is 15.9 Å². The highest BCUT2D eigenvalue weighted by molar-refractivity contribution is 9.10. The molecule has 0 aliphatic carbocycles. The van der Waals surface area contributed by atoms with Gasteiger partial charge in [0.15, 0.2) is 0 Å². The van der Waals surface area contributed by atoms with Gasteiger partial charge in [0, 0.05) is 35.4 Å². The summed E-state index contributed by atoms with van der Waals surface area (Å²) >= 11 is 3.43. The standard InChI is InChI=1S/C13H18BrN5O/c1-13(2,3)17-6-9-5-10(14)7-15-11(9)20-12-16-8-19(4)18-12/h5,7-8,17H,6H2,1-4H3. The van der Waals surface area contributed by atoms with Gasteiger partial charge in [-0.25, -0.2) is 4.98 Å². The van der Waals surface area contributed by atoms with Crippen molar-refractivity contribution in [2.45, 2.75) is 32.9 Å². The second-order valence-corrected chi connectivity index (χ2v) is 6.44. The van der Waals surface area contributed by atoms with Crippen LogP contribution in [-0.4, -0.2) is 25.3 Å². The fraction of sp³-hybridized carbons (Fsp3) is 0.462. The van der Waals surface area contributed by atoms with Crippen LogP contribution < -0.4 is 10.1 Å². The maximum Gasteiger partial charge on any atom is 0.342 e. The van der Waals surface area contributed by atoms with Crippen molar-refractivity contribution < 1.29 is 4.74 Å². The number of hydrogen-bond acceptors (Lipinski definition) is 5. The zero-order chi connectivity index (χ0) is 14.8. The van der Waals surface area contributed by atoms with Gasteiger partial charge in [0.05, 0.1) is 0 Å². The van der Waals surface area contributed by atoms with Crippen molar-refractivity contribution in [3.8, 4) is 11.9 Å². The number of ether oxygens (including phenoxy) is 1. The minimum Gasteiger partial charge on any atom is -0.404 e. The Bertz CT molecular complexity index is 591. The molecule has 0 unspecified atom stereocenters. The summed E-state index contributed by atoms with van der Waals surface area (Å²) in [6, 6.07) is 2.27. The fourth-order valence-corrected chi connectivity index (χ4v) is 1.88. The summed E-state index contributed by atoms with van der Waals surface area (Å²) in [5.41, 5.74) is 0.963. The molecule has 0 aliphatic heterocycles. The molecule has 2 rings (SSSR count). The average molecular weight is 340 g/mol. The molecule has 0 fully saturated rings. The van der Waals surface area contributed by atoms with Crippen molar-refractivity contribution in [3.05, 3.63) is 28.6 Å². The van der Waals surface area contributed by atoms with E-state index in [9.17, 15) is 0 Å². The van der Waals surface area contributed by atoms with Crippen molar-refractivity contribution in [2.24, 2.45) is 7.05 Å². The zero-order valence-electron chi connectivity index (χ0n) is 12.0. The van der Waals surface area contributed by atoms with E-state index >= 15 is 0 Å². The summed E-state index contributed by atoms with van der Waals surface area (Å²) in [6.07, 6.45) is 3.28. The zero-order valence-corrected chi connectivity index (χ0v) is 13.6. The van der Waals surface area contributed by atoms with Gasteiger partial charge in [-0.05, 0) is 42.8 Å². The van der Waals surface area contributed by atoms with E-state index in [4.69, 9.17) is 4.74 Å². The molecule has 0 spiro atoms.